The Kier molecular flexibility index (Phi) is 2.54. The van der Waals surface area contributed by atoms with Crippen molar-refractivity contribution >= 4 is 33.7 Å². The van der Waals surface area contributed by atoms with Gasteiger partial charge in [-0.05, 0) is 12.1 Å². The number of rotatable bonds is 2. The highest BCUT2D eigenvalue weighted by Gasteiger charge is 2.17. The number of carbonyl (C=O) groups excluding carboxylic acids is 1. The molecule has 0 aliphatic rings. The van der Waals surface area contributed by atoms with Crippen LogP contribution in [0.3, 0.4) is 0 Å². The van der Waals surface area contributed by atoms with Crippen molar-refractivity contribution in [3.05, 3.63) is 47.3 Å². The molecule has 0 atom stereocenters. The van der Waals surface area contributed by atoms with Crippen LogP contribution < -0.4 is 11.5 Å². The van der Waals surface area contributed by atoms with E-state index in [-0.39, 0.29) is 18.1 Å². The molecule has 98 valence electrons. The smallest absolute Gasteiger partial charge is 0.294 e. The maximum absolute atomic E-state index is 11.4. The van der Waals surface area contributed by atoms with E-state index in [1.807, 2.05) is 24.3 Å². The normalized spacial score (nSPS) is 10.8. The number of hydrogen-bond acceptors (Lipinski definition) is 3. The molecule has 3 aromatic rings. The number of para-hydroxylation sites is 1. The van der Waals surface area contributed by atoms with E-state index < -0.39 is 5.91 Å². The van der Waals surface area contributed by atoms with E-state index in [1.54, 1.807) is 10.6 Å². The maximum atomic E-state index is 11.4. The topological polar surface area (TPSA) is 91.3 Å². The summed E-state index contributed by atoms with van der Waals surface area (Å²) in [6.45, 7) is 7.21. The zero-order valence-corrected chi connectivity index (χ0v) is 10.5. The summed E-state index contributed by atoms with van der Waals surface area (Å²) in [6, 6.07) is 9.25. The molecule has 6 nitrogen and oxygen atoms in total. The SMILES string of the molecule is [C-]#[N+]Cn1c2ccccc2c2cc(C(N)=O)c(N)nc21. The number of nitrogen functional groups attached to an aromatic ring is 1. The molecule has 0 fully saturated rings. The Morgan fingerprint density at radius 3 is 2.80 bits per heavy atom. The molecule has 0 aliphatic carbocycles. The number of aromatic nitrogens is 2. The Bertz CT molecular complexity index is 888. The van der Waals surface area contributed by atoms with Gasteiger partial charge in [0.05, 0.1) is 11.1 Å². The van der Waals surface area contributed by atoms with Gasteiger partial charge >= 0.3 is 0 Å². The molecule has 6 heteroatoms. The molecular formula is C14H11N5O. The van der Waals surface area contributed by atoms with Gasteiger partial charge in [-0.3, -0.25) is 14.2 Å². The van der Waals surface area contributed by atoms with Crippen molar-refractivity contribution in [3.63, 3.8) is 0 Å². The van der Waals surface area contributed by atoms with Gasteiger partial charge in [-0.1, -0.05) is 18.2 Å². The number of anilines is 1. The number of pyridine rings is 1. The molecule has 4 N–H and O–H groups in total. The Morgan fingerprint density at radius 1 is 1.35 bits per heavy atom. The second kappa shape index (κ2) is 4.24. The number of nitrogens with zero attached hydrogens (tertiary/aromatic N) is 3. The van der Waals surface area contributed by atoms with Gasteiger partial charge in [-0.15, -0.1) is 0 Å². The summed E-state index contributed by atoms with van der Waals surface area (Å²) >= 11 is 0. The second-order valence-corrected chi connectivity index (χ2v) is 4.40. The van der Waals surface area contributed by atoms with E-state index in [2.05, 4.69) is 9.83 Å². The van der Waals surface area contributed by atoms with Crippen molar-refractivity contribution in [1.82, 2.24) is 9.55 Å². The number of primary amides is 1. The third-order valence-corrected chi connectivity index (χ3v) is 3.25. The van der Waals surface area contributed by atoms with Crippen LogP contribution in [0.5, 0.6) is 0 Å². The van der Waals surface area contributed by atoms with Crippen molar-refractivity contribution in [3.8, 4) is 0 Å². The van der Waals surface area contributed by atoms with Crippen molar-refractivity contribution in [2.24, 2.45) is 5.73 Å². The monoisotopic (exact) mass is 265 g/mol. The van der Waals surface area contributed by atoms with E-state index in [0.717, 1.165) is 16.3 Å². The second-order valence-electron chi connectivity index (χ2n) is 4.40. The van der Waals surface area contributed by atoms with Crippen LogP contribution in [0.1, 0.15) is 10.4 Å². The van der Waals surface area contributed by atoms with E-state index in [4.69, 9.17) is 18.0 Å². The van der Waals surface area contributed by atoms with Crippen LogP contribution in [-0.4, -0.2) is 15.5 Å². The van der Waals surface area contributed by atoms with Crippen molar-refractivity contribution in [2.75, 3.05) is 5.73 Å². The Labute approximate surface area is 114 Å². The Morgan fingerprint density at radius 2 is 2.10 bits per heavy atom. The fourth-order valence-electron chi connectivity index (χ4n) is 2.38. The summed E-state index contributed by atoms with van der Waals surface area (Å²) in [6.07, 6.45) is 0. The summed E-state index contributed by atoms with van der Waals surface area (Å²) < 4.78 is 1.78. The molecule has 1 amide bonds. The van der Waals surface area contributed by atoms with Crippen molar-refractivity contribution < 1.29 is 4.79 Å². The first kappa shape index (κ1) is 12.0. The predicted octanol–water partition coefficient (Wildman–Crippen LogP) is 1.75. The molecule has 0 spiro atoms. The minimum absolute atomic E-state index is 0.0824. The van der Waals surface area contributed by atoms with E-state index in [9.17, 15) is 4.79 Å². The molecule has 1 aromatic carbocycles. The van der Waals surface area contributed by atoms with Gasteiger partial charge in [0.1, 0.15) is 11.5 Å². The lowest BCUT2D eigenvalue weighted by Crippen LogP contribution is -2.14. The molecule has 0 radical (unpaired) electrons. The Hall–Kier alpha value is -3.07. The fraction of sp³-hybridized carbons (Fsp3) is 0.0714. The number of fused-ring (bicyclic) bond motifs is 3. The predicted molar refractivity (Wildman–Crippen MR) is 76.8 cm³/mol. The summed E-state index contributed by atoms with van der Waals surface area (Å²) in [5.74, 6) is -0.530. The maximum Gasteiger partial charge on any atom is 0.294 e. The summed E-state index contributed by atoms with van der Waals surface area (Å²) in [5, 5.41) is 1.69. The molecule has 0 saturated heterocycles. The van der Waals surface area contributed by atoms with Crippen LogP contribution in [-0.2, 0) is 6.67 Å². The van der Waals surface area contributed by atoms with Crippen LogP contribution in [0.2, 0.25) is 0 Å². The van der Waals surface area contributed by atoms with Gasteiger partial charge in [-0.25, -0.2) is 11.6 Å². The van der Waals surface area contributed by atoms with Crippen LogP contribution >= 0.6 is 0 Å². The number of nitrogens with two attached hydrogens (primary N) is 2. The van der Waals surface area contributed by atoms with Crippen molar-refractivity contribution in [1.29, 1.82) is 0 Å². The van der Waals surface area contributed by atoms with Gasteiger partial charge in [-0.2, -0.15) is 0 Å². The fourth-order valence-corrected chi connectivity index (χ4v) is 2.38. The number of hydrogen-bond donors (Lipinski definition) is 2. The quantitative estimate of drug-likeness (QED) is 0.691. The first-order valence-corrected chi connectivity index (χ1v) is 5.94. The molecule has 2 heterocycles. The van der Waals surface area contributed by atoms with Gasteiger partial charge in [0.25, 0.3) is 12.6 Å². The third kappa shape index (κ3) is 1.57. The Balaban J connectivity index is 2.50. The first-order valence-electron chi connectivity index (χ1n) is 5.94. The average Bonchev–Trinajstić information content (AvgIpc) is 2.72. The summed E-state index contributed by atoms with van der Waals surface area (Å²) in [5.41, 5.74) is 12.7. The zero-order chi connectivity index (χ0) is 14.3. The number of benzene rings is 1. The lowest BCUT2D eigenvalue weighted by atomic mass is 10.1. The summed E-state index contributed by atoms with van der Waals surface area (Å²) in [4.78, 5) is 19.0. The van der Waals surface area contributed by atoms with Gasteiger partial charge < -0.3 is 11.5 Å². The first-order chi connectivity index (χ1) is 9.63. The molecule has 0 aliphatic heterocycles. The van der Waals surface area contributed by atoms with E-state index in [0.29, 0.717) is 5.65 Å². The largest absolute Gasteiger partial charge is 0.383 e. The van der Waals surface area contributed by atoms with Crippen molar-refractivity contribution in [2.45, 2.75) is 6.67 Å². The number of amides is 1. The highest BCUT2D eigenvalue weighted by molar-refractivity contribution is 6.10. The summed E-state index contributed by atoms with van der Waals surface area (Å²) in [7, 11) is 0. The highest BCUT2D eigenvalue weighted by atomic mass is 16.1. The van der Waals surface area contributed by atoms with Crippen LogP contribution in [0.25, 0.3) is 26.8 Å². The standard InChI is InChI=1S/C14H11N5O/c1-17-7-19-11-5-3-2-4-8(11)9-6-10(13(16)20)12(15)18-14(9)19/h2-6H,7H2,(H2,15,18)(H2,16,20). The highest BCUT2D eigenvalue weighted by Crippen LogP contribution is 2.30. The lowest BCUT2D eigenvalue weighted by Gasteiger charge is -2.02. The zero-order valence-electron chi connectivity index (χ0n) is 10.5. The molecular weight excluding hydrogens is 254 g/mol. The van der Waals surface area contributed by atoms with E-state index >= 15 is 0 Å². The van der Waals surface area contributed by atoms with Crippen LogP contribution in [0.15, 0.2) is 30.3 Å². The van der Waals surface area contributed by atoms with Crippen LogP contribution in [0.4, 0.5) is 5.82 Å². The van der Waals surface area contributed by atoms with Gasteiger partial charge in [0.2, 0.25) is 0 Å². The van der Waals surface area contributed by atoms with Crippen LogP contribution in [0, 0.1) is 6.57 Å². The minimum Gasteiger partial charge on any atom is -0.383 e. The molecule has 20 heavy (non-hydrogen) atoms. The molecule has 0 bridgehead atoms. The van der Waals surface area contributed by atoms with Gasteiger partial charge in [0, 0.05) is 10.8 Å². The molecule has 3 rings (SSSR count). The molecule has 2 aromatic heterocycles. The minimum atomic E-state index is -0.612. The lowest BCUT2D eigenvalue weighted by molar-refractivity contribution is 0.100. The third-order valence-electron chi connectivity index (χ3n) is 3.25. The molecule has 0 unspecified atom stereocenters. The van der Waals surface area contributed by atoms with Gasteiger partial charge in [0.15, 0.2) is 0 Å². The average molecular weight is 265 g/mol. The van der Waals surface area contributed by atoms with E-state index in [1.165, 1.54) is 0 Å². The molecule has 0 saturated carbocycles. The number of carbonyl (C=O) groups is 1.